The van der Waals surface area contributed by atoms with Gasteiger partial charge in [-0.25, -0.2) is 0 Å². The molecule has 0 saturated heterocycles. The number of carboxylic acid groups (broad SMARTS) is 1. The number of carbonyl (C=O) groups is 1. The van der Waals surface area contributed by atoms with Gasteiger partial charge >= 0.3 is 0 Å². The maximum Gasteiger partial charge on any atom is 0.0561 e. The normalized spacial score (nSPS) is 35.1. The van der Waals surface area contributed by atoms with Crippen molar-refractivity contribution >= 4 is 17.4 Å². The van der Waals surface area contributed by atoms with Crippen LogP contribution in [-0.4, -0.2) is 11.7 Å². The van der Waals surface area contributed by atoms with Gasteiger partial charge in [0, 0.05) is 22.5 Å². The summed E-state index contributed by atoms with van der Waals surface area (Å²) in [4.78, 5) is 11.8. The molecular weight excluding hydrogens is 264 g/mol. The van der Waals surface area contributed by atoms with Gasteiger partial charge < -0.3 is 9.90 Å². The summed E-state index contributed by atoms with van der Waals surface area (Å²) in [5.41, 5.74) is 3.63. The Morgan fingerprint density at radius 2 is 1.86 bits per heavy atom. The topological polar surface area (TPSA) is 64.5 Å². The predicted octanol–water partition coefficient (Wildman–Crippen LogP) is 2.42. The molecule has 112 valence electrons. The lowest BCUT2D eigenvalue weighted by atomic mass is 9.65. The molecule has 2 fully saturated rings. The number of hydrogen-bond donors (Lipinski definition) is 1. The second-order valence-electron chi connectivity index (χ2n) is 7.04. The Kier molecular flexibility index (Phi) is 2.91. The Morgan fingerprint density at radius 1 is 1.19 bits per heavy atom. The van der Waals surface area contributed by atoms with Gasteiger partial charge in [-0.2, -0.15) is 5.10 Å². The van der Waals surface area contributed by atoms with Gasteiger partial charge in [0.2, 0.25) is 0 Å². The van der Waals surface area contributed by atoms with Crippen LogP contribution in [0.4, 0.5) is 5.69 Å². The number of anilines is 1. The molecule has 2 saturated carbocycles. The Balaban J connectivity index is 1.94. The van der Waals surface area contributed by atoms with E-state index >= 15 is 0 Å². The monoisotopic (exact) mass is 285 g/mol. The molecule has 2 aliphatic carbocycles. The van der Waals surface area contributed by atoms with E-state index in [1.807, 2.05) is 44.2 Å². The first-order valence-corrected chi connectivity index (χ1v) is 7.43. The van der Waals surface area contributed by atoms with Crippen LogP contribution in [0, 0.1) is 16.2 Å². The Hall–Kier alpha value is -1.84. The van der Waals surface area contributed by atoms with Crippen LogP contribution in [0.25, 0.3) is 0 Å². The maximum atomic E-state index is 11.8. The lowest BCUT2D eigenvalue weighted by Crippen LogP contribution is -2.47. The Labute approximate surface area is 125 Å². The second kappa shape index (κ2) is 4.33. The first-order chi connectivity index (χ1) is 9.83. The molecule has 4 heteroatoms. The fourth-order valence-corrected chi connectivity index (χ4v) is 4.15. The summed E-state index contributed by atoms with van der Waals surface area (Å²) in [6.07, 6.45) is 2.02. The molecule has 21 heavy (non-hydrogen) atoms. The van der Waals surface area contributed by atoms with Crippen LogP contribution in [0.3, 0.4) is 0 Å². The van der Waals surface area contributed by atoms with Gasteiger partial charge in [0.25, 0.3) is 0 Å². The van der Waals surface area contributed by atoms with Crippen LogP contribution in [-0.2, 0) is 4.79 Å². The van der Waals surface area contributed by atoms with Crippen LogP contribution in [0.15, 0.2) is 35.4 Å². The van der Waals surface area contributed by atoms with E-state index in [2.05, 4.69) is 17.5 Å². The number of hydrazone groups is 1. The number of carboxylic acids is 1. The van der Waals surface area contributed by atoms with E-state index in [0.29, 0.717) is 12.8 Å². The first kappa shape index (κ1) is 14.1. The van der Waals surface area contributed by atoms with Crippen molar-refractivity contribution in [3.05, 3.63) is 30.3 Å². The zero-order chi connectivity index (χ0) is 15.3. The summed E-state index contributed by atoms with van der Waals surface area (Å²) >= 11 is 0. The van der Waals surface area contributed by atoms with Crippen molar-refractivity contribution in [1.29, 1.82) is 0 Å². The molecular formula is C17H21N2O2-. The molecule has 0 unspecified atom stereocenters. The number of nitrogens with zero attached hydrogens (tertiary/aromatic N) is 1. The highest BCUT2D eigenvalue weighted by Crippen LogP contribution is 2.70. The van der Waals surface area contributed by atoms with Gasteiger partial charge in [-0.3, -0.25) is 5.43 Å². The summed E-state index contributed by atoms with van der Waals surface area (Å²) in [5.74, 6) is -0.930. The molecule has 0 spiro atoms. The van der Waals surface area contributed by atoms with E-state index in [1.165, 1.54) is 0 Å². The smallest absolute Gasteiger partial charge is 0.0561 e. The molecule has 1 N–H and O–H groups in total. The number of hydrogen-bond acceptors (Lipinski definition) is 4. The van der Waals surface area contributed by atoms with Crippen molar-refractivity contribution in [2.24, 2.45) is 21.3 Å². The minimum Gasteiger partial charge on any atom is -0.550 e. The third-order valence-corrected chi connectivity index (χ3v) is 6.22. The highest BCUT2D eigenvalue weighted by atomic mass is 16.4. The predicted molar refractivity (Wildman–Crippen MR) is 80.7 cm³/mol. The Bertz CT molecular complexity index is 608. The molecule has 4 nitrogen and oxygen atoms in total. The SMILES string of the molecule is CC1(C)[C@@]2(C(=O)[O-])CC[C@]1(C)/C(=N\Nc1ccccc1)C2. The zero-order valence-corrected chi connectivity index (χ0v) is 12.8. The number of para-hydroxylation sites is 1. The summed E-state index contributed by atoms with van der Waals surface area (Å²) in [6, 6.07) is 9.72. The van der Waals surface area contributed by atoms with E-state index in [1.54, 1.807) is 0 Å². The van der Waals surface area contributed by atoms with Gasteiger partial charge in [0.1, 0.15) is 0 Å². The molecule has 0 amide bonds. The number of aliphatic carboxylic acids is 1. The minimum absolute atomic E-state index is 0.186. The van der Waals surface area contributed by atoms with Crippen molar-refractivity contribution in [2.45, 2.75) is 40.0 Å². The second-order valence-corrected chi connectivity index (χ2v) is 7.04. The molecule has 0 aliphatic heterocycles. The third-order valence-electron chi connectivity index (χ3n) is 6.22. The number of nitrogens with one attached hydrogen (secondary N) is 1. The lowest BCUT2D eigenvalue weighted by molar-refractivity contribution is -0.323. The number of carbonyl (C=O) groups excluding carboxylic acids is 1. The molecule has 3 rings (SSSR count). The minimum atomic E-state index is -0.930. The first-order valence-electron chi connectivity index (χ1n) is 7.43. The van der Waals surface area contributed by atoms with Crippen molar-refractivity contribution in [1.82, 2.24) is 0 Å². The van der Waals surface area contributed by atoms with Gasteiger partial charge in [0.15, 0.2) is 0 Å². The van der Waals surface area contributed by atoms with E-state index in [4.69, 9.17) is 0 Å². The van der Waals surface area contributed by atoms with Crippen molar-refractivity contribution < 1.29 is 9.90 Å². The van der Waals surface area contributed by atoms with E-state index in [0.717, 1.165) is 17.8 Å². The molecule has 2 atom stereocenters. The molecule has 1 aromatic rings. The van der Waals surface area contributed by atoms with Crippen LogP contribution in [0.2, 0.25) is 0 Å². The van der Waals surface area contributed by atoms with E-state index < -0.39 is 11.4 Å². The lowest BCUT2D eigenvalue weighted by Gasteiger charge is -2.41. The maximum absolute atomic E-state index is 11.8. The molecule has 0 heterocycles. The van der Waals surface area contributed by atoms with Gasteiger partial charge in [0.05, 0.1) is 5.69 Å². The van der Waals surface area contributed by atoms with Crippen LogP contribution in [0.1, 0.15) is 40.0 Å². The standard InChI is InChI=1S/C17H22N2O2/c1-15(2)16(3)9-10-17(15,14(20)21)11-13(16)19-18-12-7-5-4-6-8-12/h4-8,18H,9-11H2,1-3H3,(H,20,21)/p-1/b19-13-/t16-,17+/m1/s1. The van der Waals surface area contributed by atoms with Crippen molar-refractivity contribution in [3.63, 3.8) is 0 Å². The number of rotatable bonds is 3. The summed E-state index contributed by atoms with van der Waals surface area (Å²) < 4.78 is 0. The van der Waals surface area contributed by atoms with E-state index in [9.17, 15) is 9.90 Å². The zero-order valence-electron chi connectivity index (χ0n) is 12.8. The molecule has 0 aromatic heterocycles. The molecule has 2 bridgehead atoms. The van der Waals surface area contributed by atoms with Crippen molar-refractivity contribution in [2.75, 3.05) is 5.43 Å². The van der Waals surface area contributed by atoms with Gasteiger partial charge in [-0.05, 0) is 36.8 Å². The number of fused-ring (bicyclic) bond motifs is 2. The Morgan fingerprint density at radius 3 is 2.43 bits per heavy atom. The van der Waals surface area contributed by atoms with E-state index in [-0.39, 0.29) is 10.8 Å². The molecule has 1 aromatic carbocycles. The largest absolute Gasteiger partial charge is 0.550 e. The summed E-state index contributed by atoms with van der Waals surface area (Å²) in [7, 11) is 0. The highest BCUT2D eigenvalue weighted by molar-refractivity contribution is 6.00. The van der Waals surface area contributed by atoms with Crippen LogP contribution < -0.4 is 10.5 Å². The highest BCUT2D eigenvalue weighted by Gasteiger charge is 2.69. The third kappa shape index (κ3) is 1.68. The average molecular weight is 285 g/mol. The fraction of sp³-hybridized carbons (Fsp3) is 0.529. The average Bonchev–Trinajstić information content (AvgIpc) is 2.76. The fourth-order valence-electron chi connectivity index (χ4n) is 4.15. The summed E-state index contributed by atoms with van der Waals surface area (Å²) in [6.45, 7) is 6.22. The number of benzene rings is 1. The quantitative estimate of drug-likeness (QED) is 0.867. The van der Waals surface area contributed by atoms with Gasteiger partial charge in [-0.1, -0.05) is 39.0 Å². The summed E-state index contributed by atoms with van der Waals surface area (Å²) in [5, 5.41) is 16.3. The molecule has 2 aliphatic rings. The van der Waals surface area contributed by atoms with Crippen molar-refractivity contribution in [3.8, 4) is 0 Å². The van der Waals surface area contributed by atoms with Crippen LogP contribution >= 0.6 is 0 Å². The van der Waals surface area contributed by atoms with Gasteiger partial charge in [-0.15, -0.1) is 0 Å². The molecule has 0 radical (unpaired) electrons. The van der Waals surface area contributed by atoms with Crippen LogP contribution in [0.5, 0.6) is 0 Å².